The molecule has 2 amide bonds. The molecule has 6 heteroatoms. The van der Waals surface area contributed by atoms with Crippen molar-refractivity contribution in [2.45, 2.75) is 38.7 Å². The molecule has 0 spiro atoms. The van der Waals surface area contributed by atoms with Crippen LogP contribution in [0.5, 0.6) is 5.75 Å². The molecule has 2 aliphatic heterocycles. The summed E-state index contributed by atoms with van der Waals surface area (Å²) in [5.41, 5.74) is 1.81. The summed E-state index contributed by atoms with van der Waals surface area (Å²) in [6.45, 7) is 4.47. The van der Waals surface area contributed by atoms with E-state index >= 15 is 0 Å². The molecule has 2 aromatic rings. The number of benzene rings is 2. The van der Waals surface area contributed by atoms with E-state index in [1.165, 1.54) is 5.56 Å². The van der Waals surface area contributed by atoms with Crippen molar-refractivity contribution in [2.75, 3.05) is 22.9 Å². The van der Waals surface area contributed by atoms with Crippen LogP contribution in [-0.4, -0.2) is 30.5 Å². The summed E-state index contributed by atoms with van der Waals surface area (Å²) in [5.74, 6) is 0.451. The van der Waals surface area contributed by atoms with E-state index in [-0.39, 0.29) is 24.8 Å². The van der Waals surface area contributed by atoms with E-state index in [0.29, 0.717) is 23.0 Å². The van der Waals surface area contributed by atoms with Crippen molar-refractivity contribution in [1.29, 1.82) is 0 Å². The molecule has 4 rings (SSSR count). The molecule has 2 aromatic carbocycles. The lowest BCUT2D eigenvalue weighted by Crippen LogP contribution is -2.53. The predicted molar refractivity (Wildman–Crippen MR) is 110 cm³/mol. The van der Waals surface area contributed by atoms with Gasteiger partial charge in [-0.3, -0.25) is 9.59 Å². The lowest BCUT2D eigenvalue weighted by Gasteiger charge is -2.39. The molecule has 0 atom stereocenters. The summed E-state index contributed by atoms with van der Waals surface area (Å²) >= 11 is 6.13. The number of halogens is 1. The highest BCUT2D eigenvalue weighted by Crippen LogP contribution is 2.39. The highest BCUT2D eigenvalue weighted by molar-refractivity contribution is 6.31. The number of carbonyl (C=O) groups excluding carboxylic acids is 2. The maximum Gasteiger partial charge on any atom is 0.270 e. The van der Waals surface area contributed by atoms with Gasteiger partial charge in [-0.2, -0.15) is 0 Å². The van der Waals surface area contributed by atoms with Gasteiger partial charge >= 0.3 is 0 Å². The normalized spacial score (nSPS) is 17.6. The molecule has 0 fully saturated rings. The molecule has 0 aromatic heterocycles. The van der Waals surface area contributed by atoms with Gasteiger partial charge in [0.05, 0.1) is 5.69 Å². The Kier molecular flexibility index (Phi) is 4.79. The van der Waals surface area contributed by atoms with Crippen LogP contribution in [0.25, 0.3) is 0 Å². The molecule has 2 aliphatic rings. The summed E-state index contributed by atoms with van der Waals surface area (Å²) in [6, 6.07) is 13.2. The third-order valence-corrected chi connectivity index (χ3v) is 5.53. The van der Waals surface area contributed by atoms with Crippen molar-refractivity contribution >= 4 is 34.8 Å². The van der Waals surface area contributed by atoms with Crippen LogP contribution >= 0.6 is 11.6 Å². The molecule has 0 saturated carbocycles. The van der Waals surface area contributed by atoms with Gasteiger partial charge in [0.1, 0.15) is 5.75 Å². The second-order valence-electron chi connectivity index (χ2n) is 7.71. The summed E-state index contributed by atoms with van der Waals surface area (Å²) in [4.78, 5) is 29.4. The van der Waals surface area contributed by atoms with E-state index in [1.807, 2.05) is 23.1 Å². The van der Waals surface area contributed by atoms with Crippen LogP contribution in [0.15, 0.2) is 42.5 Å². The number of amides is 2. The van der Waals surface area contributed by atoms with Crippen molar-refractivity contribution in [2.24, 2.45) is 0 Å². The van der Waals surface area contributed by atoms with Gasteiger partial charge < -0.3 is 14.5 Å². The van der Waals surface area contributed by atoms with E-state index in [1.54, 1.807) is 36.9 Å². The molecule has 5 nitrogen and oxygen atoms in total. The van der Waals surface area contributed by atoms with Gasteiger partial charge in [-0.05, 0) is 56.5 Å². The molecule has 146 valence electrons. The van der Waals surface area contributed by atoms with E-state index in [2.05, 4.69) is 6.07 Å². The monoisotopic (exact) mass is 398 g/mol. The summed E-state index contributed by atoms with van der Waals surface area (Å²) < 4.78 is 5.84. The average Bonchev–Trinajstić information content (AvgIpc) is 2.68. The Bertz CT molecular complexity index is 941. The average molecular weight is 399 g/mol. The Morgan fingerprint density at radius 1 is 1.18 bits per heavy atom. The van der Waals surface area contributed by atoms with Gasteiger partial charge in [0.2, 0.25) is 5.91 Å². The number of hydrogen-bond acceptors (Lipinski definition) is 3. The molecular formula is C22H23ClN2O3. The maximum atomic E-state index is 13.0. The van der Waals surface area contributed by atoms with E-state index in [0.717, 1.165) is 18.5 Å². The van der Waals surface area contributed by atoms with Gasteiger partial charge in [0.25, 0.3) is 5.91 Å². The van der Waals surface area contributed by atoms with E-state index < -0.39 is 5.60 Å². The summed E-state index contributed by atoms with van der Waals surface area (Å²) in [5, 5.41) is 0.524. The lowest BCUT2D eigenvalue weighted by molar-refractivity contribution is -0.132. The van der Waals surface area contributed by atoms with Crippen molar-refractivity contribution in [3.05, 3.63) is 53.1 Å². The van der Waals surface area contributed by atoms with Gasteiger partial charge in [0.15, 0.2) is 5.60 Å². The number of carbonyl (C=O) groups is 2. The second-order valence-corrected chi connectivity index (χ2v) is 8.15. The first kappa shape index (κ1) is 18.8. The van der Waals surface area contributed by atoms with Crippen LogP contribution in [-0.2, 0) is 16.0 Å². The zero-order valence-corrected chi connectivity index (χ0v) is 16.8. The molecule has 2 heterocycles. The SMILES string of the molecule is CC1(C)Oc2ccc(Cl)cc2N(CCC(=O)N2CCCc3ccccc32)C1=O. The number of aryl methyl sites for hydroxylation is 1. The smallest absolute Gasteiger partial charge is 0.270 e. The van der Waals surface area contributed by atoms with Crippen LogP contribution in [0.2, 0.25) is 5.02 Å². The number of para-hydroxylation sites is 1. The maximum absolute atomic E-state index is 13.0. The Hall–Kier alpha value is -2.53. The predicted octanol–water partition coefficient (Wildman–Crippen LogP) is 4.21. The zero-order chi connectivity index (χ0) is 19.9. The molecule has 0 bridgehead atoms. The second kappa shape index (κ2) is 7.13. The standard InChI is InChI=1S/C22H23ClN2O3/c1-22(2)21(27)25(18-14-16(23)9-10-19(18)28-22)13-11-20(26)24-12-5-7-15-6-3-4-8-17(15)24/h3-4,6,8-10,14H,5,7,11-13H2,1-2H3. The Labute approximate surface area is 169 Å². The molecule has 0 N–H and O–H groups in total. The van der Waals surface area contributed by atoms with Crippen molar-refractivity contribution in [1.82, 2.24) is 0 Å². The number of anilines is 2. The first-order chi connectivity index (χ1) is 13.4. The fraction of sp³-hybridized carbons (Fsp3) is 0.364. The van der Waals surface area contributed by atoms with E-state index in [4.69, 9.17) is 16.3 Å². The molecule has 28 heavy (non-hydrogen) atoms. The number of rotatable bonds is 3. The first-order valence-electron chi connectivity index (χ1n) is 9.55. The minimum atomic E-state index is -0.985. The highest BCUT2D eigenvalue weighted by atomic mass is 35.5. The van der Waals surface area contributed by atoms with Gasteiger partial charge in [0, 0.05) is 30.2 Å². The quantitative estimate of drug-likeness (QED) is 0.778. The highest BCUT2D eigenvalue weighted by Gasteiger charge is 2.41. The molecule has 0 radical (unpaired) electrons. The molecule has 0 unspecified atom stereocenters. The van der Waals surface area contributed by atoms with Crippen molar-refractivity contribution in [3.8, 4) is 5.75 Å². The minimum absolute atomic E-state index is 0.0211. The van der Waals surface area contributed by atoms with E-state index in [9.17, 15) is 9.59 Å². The number of ether oxygens (including phenoxy) is 1. The largest absolute Gasteiger partial charge is 0.476 e. The van der Waals surface area contributed by atoms with Crippen LogP contribution in [0.1, 0.15) is 32.3 Å². The molecule has 0 aliphatic carbocycles. The number of fused-ring (bicyclic) bond motifs is 2. The van der Waals surface area contributed by atoms with Crippen LogP contribution in [0.4, 0.5) is 11.4 Å². The number of nitrogens with zero attached hydrogens (tertiary/aromatic N) is 2. The third kappa shape index (κ3) is 3.35. The Morgan fingerprint density at radius 3 is 2.79 bits per heavy atom. The van der Waals surface area contributed by atoms with Crippen LogP contribution < -0.4 is 14.5 Å². The molecule has 0 saturated heterocycles. The van der Waals surface area contributed by atoms with Gasteiger partial charge in [-0.15, -0.1) is 0 Å². The van der Waals surface area contributed by atoms with Crippen LogP contribution in [0.3, 0.4) is 0 Å². The molecular weight excluding hydrogens is 376 g/mol. The van der Waals surface area contributed by atoms with Gasteiger partial charge in [-0.25, -0.2) is 0 Å². The topological polar surface area (TPSA) is 49.9 Å². The van der Waals surface area contributed by atoms with Crippen LogP contribution in [0, 0.1) is 0 Å². The Morgan fingerprint density at radius 2 is 1.96 bits per heavy atom. The fourth-order valence-electron chi connectivity index (χ4n) is 3.90. The lowest BCUT2D eigenvalue weighted by atomic mass is 10.0. The third-order valence-electron chi connectivity index (χ3n) is 5.30. The zero-order valence-electron chi connectivity index (χ0n) is 16.1. The summed E-state index contributed by atoms with van der Waals surface area (Å²) in [6.07, 6.45) is 2.18. The fourth-order valence-corrected chi connectivity index (χ4v) is 4.06. The number of hydrogen-bond donors (Lipinski definition) is 0. The summed E-state index contributed by atoms with van der Waals surface area (Å²) in [7, 11) is 0. The van der Waals surface area contributed by atoms with Crippen molar-refractivity contribution < 1.29 is 14.3 Å². The van der Waals surface area contributed by atoms with Gasteiger partial charge in [-0.1, -0.05) is 29.8 Å². The minimum Gasteiger partial charge on any atom is -0.476 e. The Balaban J connectivity index is 1.56. The van der Waals surface area contributed by atoms with Crippen molar-refractivity contribution in [3.63, 3.8) is 0 Å². The first-order valence-corrected chi connectivity index (χ1v) is 9.93.